The fraction of sp³-hybridized carbons (Fsp3) is 0.578. The van der Waals surface area contributed by atoms with Crippen LogP contribution in [0.5, 0.6) is 0 Å². The number of carbonyl (C=O) groups excluding carboxylic acids is 3. The van der Waals surface area contributed by atoms with Gasteiger partial charge < -0.3 is 24.2 Å². The second kappa shape index (κ2) is 56.6. The maximum atomic E-state index is 12.9. The second-order valence-electron chi connectivity index (χ2n) is 18.3. The zero-order chi connectivity index (χ0) is 55.5. The largest absolute Gasteiger partial charge is 0.472 e. The normalized spacial score (nSPS) is 14.4. The molecule has 0 bridgehead atoms. The molecule has 0 saturated heterocycles. The molecule has 0 aromatic rings. The van der Waals surface area contributed by atoms with Crippen molar-refractivity contribution in [1.82, 2.24) is 0 Å². The molecule has 0 aromatic heterocycles. The molecule has 0 fully saturated rings. The van der Waals surface area contributed by atoms with E-state index in [9.17, 15) is 28.9 Å². The number of phosphoric acid groups is 1. The summed E-state index contributed by atoms with van der Waals surface area (Å²) in [7, 11) is -4.79. The number of unbranched alkanes of at least 4 members (excludes halogenated alkanes) is 10. The summed E-state index contributed by atoms with van der Waals surface area (Å²) in [6, 6.07) is 0. The van der Waals surface area contributed by atoms with Crippen molar-refractivity contribution >= 4 is 25.7 Å². The molecule has 0 heterocycles. The summed E-state index contributed by atoms with van der Waals surface area (Å²) >= 11 is 0. The minimum atomic E-state index is -4.79. The zero-order valence-corrected chi connectivity index (χ0v) is 48.0. The number of aliphatic hydroxyl groups excluding tert-OH is 1. The molecule has 11 nitrogen and oxygen atoms in total. The second-order valence-corrected chi connectivity index (χ2v) is 19.8. The molecule has 0 rings (SSSR count). The molecule has 0 aliphatic rings. The summed E-state index contributed by atoms with van der Waals surface area (Å²) in [5.41, 5.74) is 0. The molecule has 0 amide bonds. The number of carbonyl (C=O) groups is 3. The molecule has 0 saturated carbocycles. The molecule has 0 aliphatic heterocycles. The SMILES string of the molecule is CC/C=C\C/C=C\C/C=C\C/C=C\C/C=C\C/C=C\CCC(=O)OCC(COP(=O)(O)OCC(CO)OC(=O)CCCCCCC/C=C\C/C=C\CCCCC)OC(=O)CCCC/C=C\C/C=C\C/C=C\C/C=C\CC. The Morgan fingerprint density at radius 1 is 0.382 bits per heavy atom. The number of hydrogen-bond donors (Lipinski definition) is 2. The Kier molecular flexibility index (Phi) is 53.1. The van der Waals surface area contributed by atoms with Gasteiger partial charge in [0.05, 0.1) is 19.8 Å². The molecule has 0 aliphatic carbocycles. The predicted molar refractivity (Wildman–Crippen MR) is 316 cm³/mol. The lowest BCUT2D eigenvalue weighted by molar-refractivity contribution is -0.161. The standard InChI is InChI=1S/C64H101O11P/c1-4-7-10-13-16-19-22-25-28-29-30-31-34-35-38-41-44-47-50-53-62(66)71-57-61(75-64(68)55-52-49-46-43-40-37-33-27-24-21-18-15-12-9-6-3)59-73-76(69,70)72-58-60(56-65)74-63(67)54-51-48-45-42-39-36-32-26-23-20-17-14-11-8-5-2/h7,9-10,12,16-21,25-28,30-33,35,38,40,43-44,47,60-61,65H,4-6,8,11,13-15,22-24,29,34,36-37,39,41-42,45-46,48-59H2,1-3H3,(H,69,70)/b10-7-,12-9-,19-16-,20-17-,21-18-,28-25-,31-30-,32-26-,33-27-,38-35-,43-40-,47-44-. The third kappa shape index (κ3) is 54.2. The Labute approximate surface area is 461 Å². The first-order valence-electron chi connectivity index (χ1n) is 28.7. The van der Waals surface area contributed by atoms with Crippen molar-refractivity contribution in [3.8, 4) is 0 Å². The minimum Gasteiger partial charge on any atom is -0.462 e. The number of aliphatic hydroxyl groups is 1. The summed E-state index contributed by atoms with van der Waals surface area (Å²) in [5.74, 6) is -1.65. The van der Waals surface area contributed by atoms with Gasteiger partial charge in [-0.15, -0.1) is 0 Å². The Balaban J connectivity index is 4.92. The Morgan fingerprint density at radius 2 is 0.711 bits per heavy atom. The Bertz CT molecular complexity index is 1830. The van der Waals surface area contributed by atoms with Crippen molar-refractivity contribution in [1.29, 1.82) is 0 Å². The van der Waals surface area contributed by atoms with Crippen molar-refractivity contribution in [2.75, 3.05) is 26.4 Å². The highest BCUT2D eigenvalue weighted by Crippen LogP contribution is 2.43. The van der Waals surface area contributed by atoms with Gasteiger partial charge >= 0.3 is 25.7 Å². The summed E-state index contributed by atoms with van der Waals surface area (Å²) in [4.78, 5) is 48.5. The van der Waals surface area contributed by atoms with E-state index in [2.05, 4.69) is 154 Å². The van der Waals surface area contributed by atoms with Crippen LogP contribution in [0.25, 0.3) is 0 Å². The number of allylic oxidation sites excluding steroid dienone is 24. The zero-order valence-electron chi connectivity index (χ0n) is 47.2. The fourth-order valence-corrected chi connectivity index (χ4v) is 7.71. The van der Waals surface area contributed by atoms with E-state index in [1.807, 2.05) is 12.2 Å². The topological polar surface area (TPSA) is 155 Å². The van der Waals surface area contributed by atoms with Crippen molar-refractivity contribution < 1.29 is 52.2 Å². The number of ether oxygens (including phenoxy) is 3. The first-order valence-corrected chi connectivity index (χ1v) is 30.2. The van der Waals surface area contributed by atoms with E-state index in [4.69, 9.17) is 23.3 Å². The maximum absolute atomic E-state index is 12.9. The van der Waals surface area contributed by atoms with Gasteiger partial charge in [0.25, 0.3) is 0 Å². The van der Waals surface area contributed by atoms with Crippen LogP contribution >= 0.6 is 7.82 Å². The third-order valence-electron chi connectivity index (χ3n) is 11.2. The average Bonchev–Trinajstić information content (AvgIpc) is 3.41. The lowest BCUT2D eigenvalue weighted by Gasteiger charge is -2.21. The van der Waals surface area contributed by atoms with Crippen LogP contribution in [0.3, 0.4) is 0 Å². The third-order valence-corrected chi connectivity index (χ3v) is 12.2. The van der Waals surface area contributed by atoms with Crippen LogP contribution in [-0.4, -0.2) is 66.5 Å². The molecule has 76 heavy (non-hydrogen) atoms. The van der Waals surface area contributed by atoms with Crippen molar-refractivity contribution in [3.05, 3.63) is 146 Å². The molecular weight excluding hydrogens is 976 g/mol. The van der Waals surface area contributed by atoms with Crippen molar-refractivity contribution in [3.63, 3.8) is 0 Å². The average molecular weight is 1080 g/mol. The highest BCUT2D eigenvalue weighted by molar-refractivity contribution is 7.47. The first kappa shape index (κ1) is 71.4. The summed E-state index contributed by atoms with van der Waals surface area (Å²) in [5, 5.41) is 9.81. The van der Waals surface area contributed by atoms with E-state index in [0.717, 1.165) is 122 Å². The number of hydrogen-bond acceptors (Lipinski definition) is 10. The van der Waals surface area contributed by atoms with Crippen molar-refractivity contribution in [2.45, 2.75) is 213 Å². The number of rotatable bonds is 51. The van der Waals surface area contributed by atoms with Crippen molar-refractivity contribution in [2.24, 2.45) is 0 Å². The summed E-state index contributed by atoms with van der Waals surface area (Å²) in [6.07, 6.45) is 72.5. The van der Waals surface area contributed by atoms with Crippen LogP contribution in [0.1, 0.15) is 201 Å². The minimum absolute atomic E-state index is 0.0828. The van der Waals surface area contributed by atoms with E-state index >= 15 is 0 Å². The van der Waals surface area contributed by atoms with Gasteiger partial charge in [-0.3, -0.25) is 23.4 Å². The molecule has 12 heteroatoms. The van der Waals surface area contributed by atoms with Gasteiger partial charge in [0, 0.05) is 19.3 Å². The van der Waals surface area contributed by atoms with E-state index in [1.54, 1.807) is 0 Å². The van der Waals surface area contributed by atoms with Gasteiger partial charge in [0.2, 0.25) is 0 Å². The number of esters is 3. The lowest BCUT2D eigenvalue weighted by atomic mass is 10.1. The Morgan fingerprint density at radius 3 is 1.13 bits per heavy atom. The van der Waals surface area contributed by atoms with Gasteiger partial charge in [-0.05, 0) is 128 Å². The maximum Gasteiger partial charge on any atom is 0.472 e. The molecule has 0 radical (unpaired) electrons. The molecule has 2 N–H and O–H groups in total. The van der Waals surface area contributed by atoms with E-state index in [0.29, 0.717) is 19.3 Å². The van der Waals surface area contributed by atoms with Crippen LogP contribution < -0.4 is 0 Å². The molecule has 0 aromatic carbocycles. The van der Waals surface area contributed by atoms with E-state index in [1.165, 1.54) is 19.3 Å². The van der Waals surface area contributed by atoms with Gasteiger partial charge in [-0.2, -0.15) is 0 Å². The molecule has 0 spiro atoms. The molecule has 3 unspecified atom stereocenters. The van der Waals surface area contributed by atoms with Crippen LogP contribution in [0, 0.1) is 0 Å². The van der Waals surface area contributed by atoms with Crippen LogP contribution in [0.15, 0.2) is 146 Å². The fourth-order valence-electron chi connectivity index (χ4n) is 6.93. The molecule has 3 atom stereocenters. The molecule has 428 valence electrons. The number of phosphoric ester groups is 1. The van der Waals surface area contributed by atoms with Gasteiger partial charge in [-0.1, -0.05) is 199 Å². The quantitative estimate of drug-likeness (QED) is 0.0197. The van der Waals surface area contributed by atoms with Crippen LogP contribution in [-0.2, 0) is 42.2 Å². The van der Waals surface area contributed by atoms with Gasteiger partial charge in [0.1, 0.15) is 12.7 Å². The smallest absolute Gasteiger partial charge is 0.462 e. The Hall–Kier alpha value is -4.64. The monoisotopic (exact) mass is 1080 g/mol. The van der Waals surface area contributed by atoms with Crippen LogP contribution in [0.2, 0.25) is 0 Å². The first-order chi connectivity index (χ1) is 37.2. The highest BCUT2D eigenvalue weighted by Gasteiger charge is 2.28. The van der Waals surface area contributed by atoms with Gasteiger partial charge in [-0.25, -0.2) is 4.57 Å². The predicted octanol–water partition coefficient (Wildman–Crippen LogP) is 17.1. The van der Waals surface area contributed by atoms with Crippen LogP contribution in [0.4, 0.5) is 0 Å². The summed E-state index contributed by atoms with van der Waals surface area (Å²) < 4.78 is 39.4. The summed E-state index contributed by atoms with van der Waals surface area (Å²) in [6.45, 7) is 4.21. The van der Waals surface area contributed by atoms with E-state index < -0.39 is 64.4 Å². The molecular formula is C64H101O11P. The highest BCUT2D eigenvalue weighted by atomic mass is 31.2. The lowest BCUT2D eigenvalue weighted by Crippen LogP contribution is -2.30. The van der Waals surface area contributed by atoms with Gasteiger partial charge in [0.15, 0.2) is 6.10 Å². The van der Waals surface area contributed by atoms with E-state index in [-0.39, 0.29) is 19.3 Å².